The number of hydrogen-bond donors (Lipinski definition) is 1. The molecule has 3 heterocycles. The second-order valence-corrected chi connectivity index (χ2v) is 6.97. The Morgan fingerprint density at radius 3 is 2.53 bits per heavy atom. The molecule has 0 aromatic heterocycles. The molecule has 1 fully saturated rings. The Hall–Kier alpha value is -0.715. The third kappa shape index (κ3) is 2.06. The van der Waals surface area contributed by atoms with Gasteiger partial charge in [-0.3, -0.25) is 0 Å². The first kappa shape index (κ1) is 13.3. The summed E-state index contributed by atoms with van der Waals surface area (Å²) in [6.45, 7) is 8.26. The monoisotopic (exact) mass is 324 g/mol. The molecule has 1 atom stereocenters. The average Bonchev–Trinajstić information content (AvgIpc) is 2.77. The number of halogens is 1. The topological polar surface area (TPSA) is 33.7 Å². The quantitative estimate of drug-likeness (QED) is 0.751. The second kappa shape index (κ2) is 4.14. The molecule has 0 saturated carbocycles. The predicted molar refractivity (Wildman–Crippen MR) is 79.1 cm³/mol. The summed E-state index contributed by atoms with van der Waals surface area (Å²) >= 11 is 3.50. The normalized spacial score (nSPS) is 30.9. The molecule has 0 aromatic rings. The van der Waals surface area contributed by atoms with E-state index in [1.54, 1.807) is 0 Å². The SMILES string of the molecule is CC1(C)OB(C2=CNC3C=CC(Br)=CN23)OC1(C)C. The molecule has 0 radical (unpaired) electrons. The summed E-state index contributed by atoms with van der Waals surface area (Å²) in [5.74, 6) is 0. The van der Waals surface area contributed by atoms with Crippen LogP contribution in [0.5, 0.6) is 0 Å². The molecule has 0 spiro atoms. The van der Waals surface area contributed by atoms with Gasteiger partial charge in [0.15, 0.2) is 0 Å². The molecule has 3 aliphatic heterocycles. The molecular weight excluding hydrogens is 307 g/mol. The first-order valence-corrected chi connectivity index (χ1v) is 7.25. The van der Waals surface area contributed by atoms with Crippen LogP contribution in [0.1, 0.15) is 27.7 Å². The van der Waals surface area contributed by atoms with Crippen molar-refractivity contribution in [3.8, 4) is 0 Å². The van der Waals surface area contributed by atoms with Crippen molar-refractivity contribution in [2.75, 3.05) is 0 Å². The molecule has 3 aliphatic rings. The lowest BCUT2D eigenvalue weighted by molar-refractivity contribution is 0.00578. The van der Waals surface area contributed by atoms with E-state index in [1.807, 2.05) is 18.5 Å². The van der Waals surface area contributed by atoms with Gasteiger partial charge in [0.2, 0.25) is 0 Å². The fourth-order valence-corrected chi connectivity index (χ4v) is 2.68. The molecule has 0 aliphatic carbocycles. The predicted octanol–water partition coefficient (Wildman–Crippen LogP) is 2.50. The summed E-state index contributed by atoms with van der Waals surface area (Å²) < 4.78 is 13.2. The number of fused-ring (bicyclic) bond motifs is 1. The molecule has 1 N–H and O–H groups in total. The first-order valence-electron chi connectivity index (χ1n) is 6.46. The Morgan fingerprint density at radius 1 is 1.26 bits per heavy atom. The summed E-state index contributed by atoms with van der Waals surface area (Å²) in [6.07, 6.45) is 8.30. The maximum atomic E-state index is 6.09. The maximum absolute atomic E-state index is 6.09. The van der Waals surface area contributed by atoms with Crippen LogP contribution in [-0.4, -0.2) is 29.4 Å². The van der Waals surface area contributed by atoms with Gasteiger partial charge < -0.3 is 19.5 Å². The smallest absolute Gasteiger partial charge is 0.398 e. The number of nitrogens with zero attached hydrogens (tertiary/aromatic N) is 1. The van der Waals surface area contributed by atoms with E-state index in [-0.39, 0.29) is 24.5 Å². The Bertz CT molecular complexity index is 483. The summed E-state index contributed by atoms with van der Waals surface area (Å²) in [5.41, 5.74) is 0.372. The van der Waals surface area contributed by atoms with Gasteiger partial charge in [-0.2, -0.15) is 0 Å². The van der Waals surface area contributed by atoms with Gasteiger partial charge in [-0.15, -0.1) is 0 Å². The lowest BCUT2D eigenvalue weighted by atomic mass is 9.84. The summed E-state index contributed by atoms with van der Waals surface area (Å²) in [4.78, 5) is 2.13. The first-order chi connectivity index (χ1) is 8.80. The van der Waals surface area contributed by atoms with Crippen LogP contribution in [-0.2, 0) is 9.31 Å². The fourth-order valence-electron chi connectivity index (χ4n) is 2.30. The van der Waals surface area contributed by atoms with Crippen LogP contribution in [0.15, 0.2) is 34.6 Å². The van der Waals surface area contributed by atoms with E-state index in [9.17, 15) is 0 Å². The summed E-state index contributed by atoms with van der Waals surface area (Å²) in [6, 6.07) is 0. The van der Waals surface area contributed by atoms with E-state index in [1.165, 1.54) is 0 Å². The average molecular weight is 325 g/mol. The van der Waals surface area contributed by atoms with E-state index < -0.39 is 0 Å². The van der Waals surface area contributed by atoms with Crippen molar-refractivity contribution in [2.24, 2.45) is 0 Å². The molecule has 0 aromatic carbocycles. The zero-order valence-electron chi connectivity index (χ0n) is 11.6. The van der Waals surface area contributed by atoms with Crippen LogP contribution in [0.3, 0.4) is 0 Å². The van der Waals surface area contributed by atoms with Gasteiger partial charge in [-0.25, -0.2) is 0 Å². The minimum Gasteiger partial charge on any atom is -0.398 e. The minimum absolute atomic E-state index is 0.148. The molecule has 102 valence electrons. The number of rotatable bonds is 1. The van der Waals surface area contributed by atoms with E-state index in [0.29, 0.717) is 0 Å². The molecule has 0 amide bonds. The van der Waals surface area contributed by atoms with Crippen molar-refractivity contribution < 1.29 is 9.31 Å². The summed E-state index contributed by atoms with van der Waals surface area (Å²) in [5, 5.41) is 3.31. The molecular formula is C13H18BBrN2O2. The number of nitrogens with one attached hydrogen (secondary N) is 1. The van der Waals surface area contributed by atoms with Crippen molar-refractivity contribution in [1.29, 1.82) is 0 Å². The Kier molecular flexibility index (Phi) is 2.89. The van der Waals surface area contributed by atoms with Crippen LogP contribution >= 0.6 is 15.9 Å². The van der Waals surface area contributed by atoms with Crippen LogP contribution in [0.25, 0.3) is 0 Å². The molecule has 4 nitrogen and oxygen atoms in total. The highest BCUT2D eigenvalue weighted by atomic mass is 79.9. The zero-order valence-corrected chi connectivity index (χ0v) is 13.2. The van der Waals surface area contributed by atoms with Crippen LogP contribution < -0.4 is 5.32 Å². The highest BCUT2D eigenvalue weighted by Crippen LogP contribution is 2.40. The van der Waals surface area contributed by atoms with E-state index in [4.69, 9.17) is 9.31 Å². The van der Waals surface area contributed by atoms with E-state index in [2.05, 4.69) is 59.9 Å². The van der Waals surface area contributed by atoms with Gasteiger partial charge >= 0.3 is 7.12 Å². The van der Waals surface area contributed by atoms with Gasteiger partial charge in [0.05, 0.1) is 16.8 Å². The van der Waals surface area contributed by atoms with E-state index in [0.717, 1.165) is 10.1 Å². The fraction of sp³-hybridized carbons (Fsp3) is 0.538. The van der Waals surface area contributed by atoms with Crippen molar-refractivity contribution >= 4 is 23.0 Å². The minimum atomic E-state index is -0.342. The molecule has 19 heavy (non-hydrogen) atoms. The largest absolute Gasteiger partial charge is 0.513 e. The van der Waals surface area contributed by atoms with Gasteiger partial charge in [-0.05, 0) is 55.8 Å². The number of hydrogen-bond acceptors (Lipinski definition) is 4. The van der Waals surface area contributed by atoms with Crippen molar-refractivity contribution in [3.63, 3.8) is 0 Å². The van der Waals surface area contributed by atoms with Gasteiger partial charge in [0, 0.05) is 16.9 Å². The Morgan fingerprint density at radius 2 is 1.89 bits per heavy atom. The van der Waals surface area contributed by atoms with Gasteiger partial charge in [0.25, 0.3) is 0 Å². The number of allylic oxidation sites excluding steroid dienone is 2. The third-order valence-corrected chi connectivity index (χ3v) is 4.66. The highest BCUT2D eigenvalue weighted by molar-refractivity contribution is 9.11. The second-order valence-electron chi connectivity index (χ2n) is 6.05. The van der Waals surface area contributed by atoms with Crippen LogP contribution in [0, 0.1) is 0 Å². The molecule has 1 saturated heterocycles. The third-order valence-electron chi connectivity index (χ3n) is 4.19. The van der Waals surface area contributed by atoms with Crippen LogP contribution in [0.2, 0.25) is 0 Å². The lowest BCUT2D eigenvalue weighted by Gasteiger charge is -2.32. The van der Waals surface area contributed by atoms with Crippen LogP contribution in [0.4, 0.5) is 0 Å². The zero-order chi connectivity index (χ0) is 13.8. The molecule has 0 bridgehead atoms. The van der Waals surface area contributed by atoms with Crippen molar-refractivity contribution in [2.45, 2.75) is 45.1 Å². The standard InChI is InChI=1S/C13H18BBrN2O2/c1-12(2)13(3,4)19-14(18-12)10-7-16-11-6-5-9(15)8-17(10)11/h5-8,11,16H,1-4H3. The van der Waals surface area contributed by atoms with Crippen molar-refractivity contribution in [3.05, 3.63) is 34.6 Å². The van der Waals surface area contributed by atoms with Gasteiger partial charge in [-0.1, -0.05) is 0 Å². The lowest BCUT2D eigenvalue weighted by Crippen LogP contribution is -2.41. The highest BCUT2D eigenvalue weighted by Gasteiger charge is 2.54. The summed E-state index contributed by atoms with van der Waals surface area (Å²) in [7, 11) is -0.342. The molecule has 6 heteroatoms. The van der Waals surface area contributed by atoms with Gasteiger partial charge in [0.1, 0.15) is 6.17 Å². The Labute approximate surface area is 122 Å². The molecule has 3 rings (SSSR count). The van der Waals surface area contributed by atoms with E-state index >= 15 is 0 Å². The van der Waals surface area contributed by atoms with Crippen molar-refractivity contribution in [1.82, 2.24) is 10.2 Å². The Balaban J connectivity index is 1.84. The molecule has 1 unspecified atom stereocenters. The maximum Gasteiger partial charge on any atom is 0.513 e.